The summed E-state index contributed by atoms with van der Waals surface area (Å²) in [5.74, 6) is -0.309. The van der Waals surface area contributed by atoms with Crippen LogP contribution in [-0.2, 0) is 19.0 Å². The molecule has 2 saturated heterocycles. The Morgan fingerprint density at radius 2 is 2.58 bits per heavy atom. The van der Waals surface area contributed by atoms with Crippen molar-refractivity contribution in [2.24, 2.45) is 5.92 Å². The number of carbonyl (C=O) groups excluding carboxylic acids is 1. The van der Waals surface area contributed by atoms with Crippen molar-refractivity contribution in [1.29, 1.82) is 0 Å². The van der Waals surface area contributed by atoms with Crippen molar-refractivity contribution >= 4 is 5.97 Å². The van der Waals surface area contributed by atoms with Gasteiger partial charge in [-0.1, -0.05) is 0 Å². The van der Waals surface area contributed by atoms with E-state index in [4.69, 9.17) is 15.6 Å². The molecule has 0 N–H and O–H groups in total. The molecule has 0 aliphatic carbocycles. The van der Waals surface area contributed by atoms with Crippen molar-refractivity contribution in [2.45, 2.75) is 25.7 Å². The van der Waals surface area contributed by atoms with Crippen LogP contribution in [0.25, 0.3) is 0 Å². The standard InChI is InChI=1S/C8H12O4/c1-5(9)12-7-4-11-8-6(7)2-3-10-8/h6-8H,2-4H2,1H3/t6-,7-,8+/m0/s1/i1D. The first-order chi connectivity index (χ1) is 6.31. The molecule has 3 atom stereocenters. The van der Waals surface area contributed by atoms with Gasteiger partial charge in [0.2, 0.25) is 0 Å². The molecule has 0 aromatic carbocycles. The van der Waals surface area contributed by atoms with Crippen LogP contribution < -0.4 is 0 Å². The monoisotopic (exact) mass is 173 g/mol. The van der Waals surface area contributed by atoms with Crippen molar-refractivity contribution in [1.82, 2.24) is 0 Å². The summed E-state index contributed by atoms with van der Waals surface area (Å²) in [5.41, 5.74) is 0. The number of carbonyl (C=O) groups is 1. The molecule has 0 amide bonds. The molecule has 0 saturated carbocycles. The minimum Gasteiger partial charge on any atom is -0.460 e. The number of esters is 1. The van der Waals surface area contributed by atoms with E-state index in [9.17, 15) is 4.79 Å². The Kier molecular flexibility index (Phi) is 1.73. The van der Waals surface area contributed by atoms with Gasteiger partial charge in [-0.05, 0) is 6.42 Å². The summed E-state index contributed by atoms with van der Waals surface area (Å²) in [6.45, 7) is 0.750. The Morgan fingerprint density at radius 3 is 3.42 bits per heavy atom. The second kappa shape index (κ2) is 3.03. The highest BCUT2D eigenvalue weighted by atomic mass is 16.7. The van der Waals surface area contributed by atoms with E-state index in [2.05, 4.69) is 0 Å². The second-order valence-corrected chi connectivity index (χ2v) is 3.05. The molecular weight excluding hydrogens is 160 g/mol. The second-order valence-electron chi connectivity index (χ2n) is 3.05. The van der Waals surface area contributed by atoms with Crippen molar-refractivity contribution in [3.8, 4) is 0 Å². The number of rotatable bonds is 1. The van der Waals surface area contributed by atoms with Crippen LogP contribution >= 0.6 is 0 Å². The van der Waals surface area contributed by atoms with Crippen LogP contribution in [0.1, 0.15) is 14.7 Å². The average molecular weight is 173 g/mol. The van der Waals surface area contributed by atoms with Crippen LogP contribution in [0.4, 0.5) is 0 Å². The van der Waals surface area contributed by atoms with E-state index in [1.54, 1.807) is 0 Å². The zero-order valence-corrected chi connectivity index (χ0v) is 6.69. The lowest BCUT2D eigenvalue weighted by Gasteiger charge is -2.13. The van der Waals surface area contributed by atoms with Crippen LogP contribution in [0, 0.1) is 5.92 Å². The fourth-order valence-corrected chi connectivity index (χ4v) is 1.72. The first kappa shape index (κ1) is 6.86. The molecule has 0 radical (unpaired) electrons. The fourth-order valence-electron chi connectivity index (χ4n) is 1.72. The Bertz CT molecular complexity index is 208. The molecule has 2 heterocycles. The fraction of sp³-hybridized carbons (Fsp3) is 0.875. The van der Waals surface area contributed by atoms with Gasteiger partial charge in [0.15, 0.2) is 6.29 Å². The van der Waals surface area contributed by atoms with E-state index in [0.717, 1.165) is 6.42 Å². The molecule has 0 aromatic rings. The predicted octanol–water partition coefficient (Wildman–Crippen LogP) is 0.311. The van der Waals surface area contributed by atoms with E-state index in [0.29, 0.717) is 13.2 Å². The van der Waals surface area contributed by atoms with Gasteiger partial charge in [0.1, 0.15) is 6.10 Å². The Hall–Kier alpha value is -0.610. The number of fused-ring (bicyclic) bond motifs is 1. The van der Waals surface area contributed by atoms with Crippen LogP contribution in [0.15, 0.2) is 0 Å². The van der Waals surface area contributed by atoms with E-state index in [1.807, 2.05) is 0 Å². The summed E-state index contributed by atoms with van der Waals surface area (Å²) < 4.78 is 22.4. The third-order valence-electron chi connectivity index (χ3n) is 2.27. The number of hydrogen-bond acceptors (Lipinski definition) is 4. The third-order valence-corrected chi connectivity index (χ3v) is 2.27. The lowest BCUT2D eigenvalue weighted by molar-refractivity contribution is -0.147. The molecule has 68 valence electrons. The molecule has 0 unspecified atom stereocenters. The Balaban J connectivity index is 1.90. The Morgan fingerprint density at radius 1 is 1.67 bits per heavy atom. The minimum atomic E-state index is -0.485. The van der Waals surface area contributed by atoms with E-state index in [1.165, 1.54) is 0 Å². The first-order valence-corrected chi connectivity index (χ1v) is 4.03. The van der Waals surface area contributed by atoms with Crippen molar-refractivity contribution in [3.05, 3.63) is 0 Å². The largest absolute Gasteiger partial charge is 0.460 e. The maximum absolute atomic E-state index is 10.9. The van der Waals surface area contributed by atoms with Gasteiger partial charge in [0, 0.05) is 8.27 Å². The molecule has 2 aliphatic rings. The van der Waals surface area contributed by atoms with Gasteiger partial charge in [0.25, 0.3) is 0 Å². The number of hydrogen-bond donors (Lipinski definition) is 0. The zero-order valence-electron chi connectivity index (χ0n) is 7.69. The smallest absolute Gasteiger partial charge is 0.302 e. The highest BCUT2D eigenvalue weighted by Crippen LogP contribution is 2.32. The number of ether oxygens (including phenoxy) is 3. The highest BCUT2D eigenvalue weighted by Gasteiger charge is 2.43. The maximum atomic E-state index is 10.9. The van der Waals surface area contributed by atoms with Gasteiger partial charge < -0.3 is 14.2 Å². The molecular formula is C8H12O4. The van der Waals surface area contributed by atoms with Crippen LogP contribution in [0.5, 0.6) is 0 Å². The molecule has 4 heteroatoms. The lowest BCUT2D eigenvalue weighted by Crippen LogP contribution is -2.25. The van der Waals surface area contributed by atoms with Crippen molar-refractivity contribution in [3.63, 3.8) is 0 Å². The molecule has 2 aliphatic heterocycles. The van der Waals surface area contributed by atoms with Crippen LogP contribution in [0.2, 0.25) is 0 Å². The molecule has 2 fully saturated rings. The normalized spacial score (nSPS) is 40.7. The summed E-state index contributed by atoms with van der Waals surface area (Å²) >= 11 is 0. The summed E-state index contributed by atoms with van der Waals surface area (Å²) in [6.07, 6.45) is 0.481. The van der Waals surface area contributed by atoms with Crippen molar-refractivity contribution in [2.75, 3.05) is 13.2 Å². The van der Waals surface area contributed by atoms with E-state index >= 15 is 0 Å². The third kappa shape index (κ3) is 1.32. The Labute approximate surface area is 72.2 Å². The topological polar surface area (TPSA) is 44.8 Å². The summed E-state index contributed by atoms with van der Waals surface area (Å²) in [7, 11) is 0. The summed E-state index contributed by atoms with van der Waals surface area (Å²) in [4.78, 5) is 10.9. The quantitative estimate of drug-likeness (QED) is 0.535. The van der Waals surface area contributed by atoms with Gasteiger partial charge in [-0.25, -0.2) is 0 Å². The predicted molar refractivity (Wildman–Crippen MR) is 39.4 cm³/mol. The van der Waals surface area contributed by atoms with Crippen molar-refractivity contribution < 1.29 is 20.4 Å². The van der Waals surface area contributed by atoms with Gasteiger partial charge in [-0.3, -0.25) is 4.79 Å². The van der Waals surface area contributed by atoms with Gasteiger partial charge in [-0.15, -0.1) is 0 Å². The summed E-state index contributed by atoms with van der Waals surface area (Å²) in [5, 5.41) is 0. The zero-order chi connectivity index (χ0) is 9.26. The van der Waals surface area contributed by atoms with E-state index in [-0.39, 0.29) is 25.2 Å². The maximum Gasteiger partial charge on any atom is 0.302 e. The molecule has 4 nitrogen and oxygen atoms in total. The molecule has 0 aromatic heterocycles. The molecule has 0 spiro atoms. The van der Waals surface area contributed by atoms with Gasteiger partial charge in [-0.2, -0.15) is 0 Å². The van der Waals surface area contributed by atoms with E-state index < -0.39 is 5.97 Å². The summed E-state index contributed by atoms with van der Waals surface area (Å²) in [6, 6.07) is 0. The first-order valence-electron chi connectivity index (χ1n) is 4.74. The van der Waals surface area contributed by atoms with Gasteiger partial charge in [0.05, 0.1) is 19.1 Å². The molecule has 12 heavy (non-hydrogen) atoms. The van der Waals surface area contributed by atoms with Crippen LogP contribution in [-0.4, -0.2) is 31.6 Å². The van der Waals surface area contributed by atoms with Crippen LogP contribution in [0.3, 0.4) is 0 Å². The highest BCUT2D eigenvalue weighted by molar-refractivity contribution is 5.66. The van der Waals surface area contributed by atoms with Gasteiger partial charge >= 0.3 is 5.97 Å². The lowest BCUT2D eigenvalue weighted by atomic mass is 10.0. The minimum absolute atomic E-state index is 0.176. The SMILES string of the molecule is [2H]CC(=O)O[C@H]1CO[C@H]2OCC[C@H]21. The molecule has 0 bridgehead atoms. The average Bonchev–Trinajstić information content (AvgIpc) is 2.69. The molecule has 2 rings (SSSR count).